The van der Waals surface area contributed by atoms with E-state index in [1.54, 1.807) is 0 Å². The van der Waals surface area contributed by atoms with E-state index in [-0.39, 0.29) is 0 Å². The molecule has 82 valence electrons. The average Bonchev–Trinajstić information content (AvgIpc) is 2.17. The highest BCUT2D eigenvalue weighted by Crippen LogP contribution is 2.26. The SMILES string of the molecule is CC1(CNCC2CCSCC2)COC1. The van der Waals surface area contributed by atoms with Crippen LogP contribution in [0.4, 0.5) is 0 Å². The summed E-state index contributed by atoms with van der Waals surface area (Å²) in [5, 5.41) is 3.61. The molecule has 0 saturated carbocycles. The minimum Gasteiger partial charge on any atom is -0.380 e. The summed E-state index contributed by atoms with van der Waals surface area (Å²) in [6.45, 7) is 6.55. The minimum atomic E-state index is 0.434. The predicted molar refractivity (Wildman–Crippen MR) is 61.8 cm³/mol. The number of thioether (sulfide) groups is 1. The highest BCUT2D eigenvalue weighted by molar-refractivity contribution is 7.99. The first-order valence-electron chi connectivity index (χ1n) is 5.65. The lowest BCUT2D eigenvalue weighted by Crippen LogP contribution is -2.48. The van der Waals surface area contributed by atoms with E-state index in [0.717, 1.165) is 25.7 Å². The molecular weight excluding hydrogens is 194 g/mol. The largest absolute Gasteiger partial charge is 0.380 e. The Morgan fingerprint density at radius 1 is 1.36 bits per heavy atom. The summed E-state index contributed by atoms with van der Waals surface area (Å²) < 4.78 is 5.24. The van der Waals surface area contributed by atoms with E-state index in [1.807, 2.05) is 0 Å². The van der Waals surface area contributed by atoms with Crippen LogP contribution in [0.1, 0.15) is 19.8 Å². The first-order chi connectivity index (χ1) is 6.79. The van der Waals surface area contributed by atoms with Crippen molar-refractivity contribution in [2.24, 2.45) is 11.3 Å². The Bertz CT molecular complexity index is 176. The Hall–Kier alpha value is 0.270. The molecule has 14 heavy (non-hydrogen) atoms. The van der Waals surface area contributed by atoms with E-state index < -0.39 is 0 Å². The molecule has 3 heteroatoms. The molecular formula is C11H21NOS. The third kappa shape index (κ3) is 2.88. The van der Waals surface area contributed by atoms with Gasteiger partial charge in [0.25, 0.3) is 0 Å². The molecule has 2 aliphatic heterocycles. The zero-order chi connectivity index (χ0) is 9.86. The summed E-state index contributed by atoms with van der Waals surface area (Å²) in [7, 11) is 0. The van der Waals surface area contributed by atoms with Crippen molar-refractivity contribution in [3.63, 3.8) is 0 Å². The van der Waals surface area contributed by atoms with Gasteiger partial charge in [-0.2, -0.15) is 11.8 Å². The van der Waals surface area contributed by atoms with Gasteiger partial charge in [0.05, 0.1) is 13.2 Å². The fourth-order valence-corrected chi connectivity index (χ4v) is 3.29. The quantitative estimate of drug-likeness (QED) is 0.772. The topological polar surface area (TPSA) is 21.3 Å². The Balaban J connectivity index is 1.57. The van der Waals surface area contributed by atoms with Crippen molar-refractivity contribution in [2.45, 2.75) is 19.8 Å². The van der Waals surface area contributed by atoms with Gasteiger partial charge in [0.1, 0.15) is 0 Å². The third-order valence-electron chi connectivity index (χ3n) is 3.23. The summed E-state index contributed by atoms with van der Waals surface area (Å²) in [5.41, 5.74) is 0.434. The molecule has 0 spiro atoms. The molecule has 0 aromatic heterocycles. The van der Waals surface area contributed by atoms with Crippen LogP contribution in [-0.2, 0) is 4.74 Å². The molecule has 2 saturated heterocycles. The maximum atomic E-state index is 5.24. The van der Waals surface area contributed by atoms with Gasteiger partial charge in [-0.3, -0.25) is 0 Å². The van der Waals surface area contributed by atoms with Crippen LogP contribution in [0.2, 0.25) is 0 Å². The molecule has 0 aliphatic carbocycles. The van der Waals surface area contributed by atoms with Crippen molar-refractivity contribution < 1.29 is 4.74 Å². The van der Waals surface area contributed by atoms with Crippen LogP contribution in [-0.4, -0.2) is 37.8 Å². The zero-order valence-corrected chi connectivity index (χ0v) is 9.87. The number of hydrogen-bond acceptors (Lipinski definition) is 3. The number of hydrogen-bond donors (Lipinski definition) is 1. The van der Waals surface area contributed by atoms with Gasteiger partial charge in [0.2, 0.25) is 0 Å². The molecule has 0 amide bonds. The molecule has 0 unspecified atom stereocenters. The lowest BCUT2D eigenvalue weighted by molar-refractivity contribution is -0.0992. The van der Waals surface area contributed by atoms with Crippen LogP contribution >= 0.6 is 11.8 Å². The second-order valence-corrected chi connectivity index (χ2v) is 6.21. The standard InChI is InChI=1S/C11H21NOS/c1-11(8-13-9-11)7-12-6-10-2-4-14-5-3-10/h10,12H,2-9H2,1H3. The van der Waals surface area contributed by atoms with E-state index in [0.29, 0.717) is 5.41 Å². The molecule has 2 fully saturated rings. The molecule has 2 aliphatic rings. The van der Waals surface area contributed by atoms with Crippen molar-refractivity contribution in [2.75, 3.05) is 37.8 Å². The van der Waals surface area contributed by atoms with Gasteiger partial charge >= 0.3 is 0 Å². The van der Waals surface area contributed by atoms with Crippen molar-refractivity contribution >= 4 is 11.8 Å². The maximum Gasteiger partial charge on any atom is 0.0554 e. The molecule has 0 aromatic carbocycles. The molecule has 0 bridgehead atoms. The summed E-state index contributed by atoms with van der Waals surface area (Å²) in [6, 6.07) is 0. The van der Waals surface area contributed by atoms with Gasteiger partial charge in [-0.05, 0) is 36.8 Å². The van der Waals surface area contributed by atoms with E-state index in [9.17, 15) is 0 Å². The number of rotatable bonds is 4. The normalized spacial score (nSPS) is 27.2. The summed E-state index contributed by atoms with van der Waals surface area (Å²) >= 11 is 2.11. The molecule has 1 N–H and O–H groups in total. The van der Waals surface area contributed by atoms with E-state index in [4.69, 9.17) is 4.74 Å². The molecule has 0 atom stereocenters. The smallest absolute Gasteiger partial charge is 0.0554 e. The fraction of sp³-hybridized carbons (Fsp3) is 1.00. The highest BCUT2D eigenvalue weighted by Gasteiger charge is 2.32. The van der Waals surface area contributed by atoms with Gasteiger partial charge in [-0.1, -0.05) is 6.92 Å². The van der Waals surface area contributed by atoms with Crippen LogP contribution in [0.25, 0.3) is 0 Å². The van der Waals surface area contributed by atoms with Gasteiger partial charge in [-0.15, -0.1) is 0 Å². The van der Waals surface area contributed by atoms with Gasteiger partial charge in [-0.25, -0.2) is 0 Å². The van der Waals surface area contributed by atoms with Crippen molar-refractivity contribution in [3.05, 3.63) is 0 Å². The first kappa shape index (κ1) is 10.8. The Morgan fingerprint density at radius 3 is 2.64 bits per heavy atom. The molecule has 2 heterocycles. The van der Waals surface area contributed by atoms with Gasteiger partial charge < -0.3 is 10.1 Å². The number of ether oxygens (including phenoxy) is 1. The lowest BCUT2D eigenvalue weighted by Gasteiger charge is -2.38. The molecule has 2 nitrogen and oxygen atoms in total. The Morgan fingerprint density at radius 2 is 2.07 bits per heavy atom. The van der Waals surface area contributed by atoms with Gasteiger partial charge in [0.15, 0.2) is 0 Å². The summed E-state index contributed by atoms with van der Waals surface area (Å²) in [4.78, 5) is 0. The van der Waals surface area contributed by atoms with Crippen LogP contribution < -0.4 is 5.32 Å². The van der Waals surface area contributed by atoms with Crippen LogP contribution in [0.5, 0.6) is 0 Å². The van der Waals surface area contributed by atoms with E-state index in [1.165, 1.54) is 30.9 Å². The van der Waals surface area contributed by atoms with Crippen LogP contribution in [0.3, 0.4) is 0 Å². The Labute approximate surface area is 91.2 Å². The lowest BCUT2D eigenvalue weighted by atomic mass is 9.88. The van der Waals surface area contributed by atoms with E-state index >= 15 is 0 Å². The fourth-order valence-electron chi connectivity index (χ4n) is 2.08. The minimum absolute atomic E-state index is 0.434. The predicted octanol–water partition coefficient (Wildman–Crippen LogP) is 1.76. The van der Waals surface area contributed by atoms with E-state index in [2.05, 4.69) is 24.0 Å². The molecule has 2 rings (SSSR count). The van der Waals surface area contributed by atoms with Crippen LogP contribution in [0.15, 0.2) is 0 Å². The molecule has 0 radical (unpaired) electrons. The second kappa shape index (κ2) is 4.86. The third-order valence-corrected chi connectivity index (χ3v) is 4.28. The van der Waals surface area contributed by atoms with Crippen LogP contribution in [0, 0.1) is 11.3 Å². The van der Waals surface area contributed by atoms with Crippen molar-refractivity contribution in [1.82, 2.24) is 5.32 Å². The number of nitrogens with one attached hydrogen (secondary N) is 1. The Kier molecular flexibility index (Phi) is 3.74. The monoisotopic (exact) mass is 215 g/mol. The van der Waals surface area contributed by atoms with Gasteiger partial charge in [0, 0.05) is 12.0 Å². The maximum absolute atomic E-state index is 5.24. The van der Waals surface area contributed by atoms with Crippen molar-refractivity contribution in [3.8, 4) is 0 Å². The van der Waals surface area contributed by atoms with Crippen molar-refractivity contribution in [1.29, 1.82) is 0 Å². The highest BCUT2D eigenvalue weighted by atomic mass is 32.2. The summed E-state index contributed by atoms with van der Waals surface area (Å²) in [6.07, 6.45) is 2.82. The second-order valence-electron chi connectivity index (χ2n) is 4.99. The summed E-state index contributed by atoms with van der Waals surface area (Å²) in [5.74, 6) is 3.67. The first-order valence-corrected chi connectivity index (χ1v) is 6.80. The average molecular weight is 215 g/mol. The zero-order valence-electron chi connectivity index (χ0n) is 9.05. The molecule has 0 aromatic rings.